The highest BCUT2D eigenvalue weighted by Crippen LogP contribution is 2.16. The van der Waals surface area contributed by atoms with Crippen LogP contribution in [0.3, 0.4) is 0 Å². The molecule has 0 amide bonds. The van der Waals surface area contributed by atoms with Crippen LogP contribution in [0.5, 0.6) is 0 Å². The standard InChI is InChI=1S/C51H96O6/c1-4-7-10-13-16-19-20-21-22-23-24-25-26-27-28-29-30-31-32-33-36-38-41-44-50(53)56-47-48(57-51(54)45-42-39-35-18-15-12-9-6-3)46-55-49(52)43-40-37-34-17-14-11-8-5-2/h23-24,48H,4-22,25-47H2,1-3H3/b24-23-. The second kappa shape index (κ2) is 46.8. The maximum atomic E-state index is 12.6. The first kappa shape index (κ1) is 55.2. The van der Waals surface area contributed by atoms with Gasteiger partial charge in [-0.3, -0.25) is 14.4 Å². The van der Waals surface area contributed by atoms with Crippen molar-refractivity contribution in [2.75, 3.05) is 13.2 Å². The topological polar surface area (TPSA) is 78.9 Å². The zero-order valence-corrected chi connectivity index (χ0v) is 38.4. The Labute approximate surface area is 354 Å². The summed E-state index contributed by atoms with van der Waals surface area (Å²) >= 11 is 0. The number of ether oxygens (including phenoxy) is 3. The van der Waals surface area contributed by atoms with Gasteiger partial charge in [0.25, 0.3) is 0 Å². The molecular formula is C51H96O6. The van der Waals surface area contributed by atoms with Gasteiger partial charge >= 0.3 is 17.9 Å². The average molecular weight is 805 g/mol. The molecule has 0 aliphatic heterocycles. The van der Waals surface area contributed by atoms with Crippen molar-refractivity contribution in [3.63, 3.8) is 0 Å². The van der Waals surface area contributed by atoms with E-state index in [2.05, 4.69) is 32.9 Å². The lowest BCUT2D eigenvalue weighted by atomic mass is 10.0. The van der Waals surface area contributed by atoms with Gasteiger partial charge in [-0.2, -0.15) is 0 Å². The number of hydrogen-bond acceptors (Lipinski definition) is 6. The van der Waals surface area contributed by atoms with Gasteiger partial charge in [0.15, 0.2) is 6.10 Å². The quantitative estimate of drug-likeness (QED) is 0.0264. The summed E-state index contributed by atoms with van der Waals surface area (Å²) in [5.41, 5.74) is 0. The van der Waals surface area contributed by atoms with Crippen LogP contribution in [0.2, 0.25) is 0 Å². The Balaban J connectivity index is 4.06. The number of carbonyl (C=O) groups is 3. The van der Waals surface area contributed by atoms with E-state index >= 15 is 0 Å². The molecule has 0 N–H and O–H groups in total. The third kappa shape index (κ3) is 45.1. The molecule has 6 heteroatoms. The van der Waals surface area contributed by atoms with Crippen LogP contribution in [0.4, 0.5) is 0 Å². The monoisotopic (exact) mass is 805 g/mol. The SMILES string of the molecule is CCCCCCCCCC/C=C\CCCCCCCCCCCCCC(=O)OCC(COC(=O)CCCCCCCCCC)OC(=O)CCCCCCCCCC. The van der Waals surface area contributed by atoms with E-state index < -0.39 is 6.10 Å². The molecule has 0 fully saturated rings. The summed E-state index contributed by atoms with van der Waals surface area (Å²) in [5.74, 6) is -0.865. The molecule has 6 nitrogen and oxygen atoms in total. The van der Waals surface area contributed by atoms with Crippen molar-refractivity contribution >= 4 is 17.9 Å². The Bertz CT molecular complexity index is 885. The fraction of sp³-hybridized carbons (Fsp3) is 0.902. The van der Waals surface area contributed by atoms with Crippen LogP contribution in [0.25, 0.3) is 0 Å². The van der Waals surface area contributed by atoms with Gasteiger partial charge < -0.3 is 14.2 Å². The Kier molecular flexibility index (Phi) is 45.3. The summed E-state index contributed by atoms with van der Waals surface area (Å²) in [6, 6.07) is 0. The second-order valence-corrected chi connectivity index (χ2v) is 17.1. The first-order valence-electron chi connectivity index (χ1n) is 25.2. The molecule has 0 aromatic rings. The van der Waals surface area contributed by atoms with Gasteiger partial charge in [-0.05, 0) is 44.9 Å². The van der Waals surface area contributed by atoms with Crippen molar-refractivity contribution in [2.45, 2.75) is 284 Å². The Hall–Kier alpha value is -1.85. The highest BCUT2D eigenvalue weighted by atomic mass is 16.6. The number of allylic oxidation sites excluding steroid dienone is 2. The summed E-state index contributed by atoms with van der Waals surface area (Å²) in [5, 5.41) is 0. The van der Waals surface area contributed by atoms with E-state index in [1.54, 1.807) is 0 Å². The van der Waals surface area contributed by atoms with Crippen LogP contribution in [-0.2, 0) is 28.6 Å². The molecule has 0 aliphatic carbocycles. The average Bonchev–Trinajstić information content (AvgIpc) is 3.21. The fourth-order valence-corrected chi connectivity index (χ4v) is 7.44. The van der Waals surface area contributed by atoms with E-state index in [-0.39, 0.29) is 31.1 Å². The lowest BCUT2D eigenvalue weighted by Crippen LogP contribution is -2.30. The lowest BCUT2D eigenvalue weighted by molar-refractivity contribution is -0.167. The van der Waals surface area contributed by atoms with E-state index in [4.69, 9.17) is 14.2 Å². The molecule has 57 heavy (non-hydrogen) atoms. The minimum absolute atomic E-state index is 0.0664. The van der Waals surface area contributed by atoms with Gasteiger partial charge in [-0.1, -0.05) is 226 Å². The first-order chi connectivity index (χ1) is 28.0. The number of unbranched alkanes of at least 4 members (excludes halogenated alkanes) is 33. The molecular weight excluding hydrogens is 709 g/mol. The molecule has 0 bridgehead atoms. The first-order valence-corrected chi connectivity index (χ1v) is 25.2. The molecule has 0 aromatic heterocycles. The predicted octanol–water partition coefficient (Wildman–Crippen LogP) is 16.2. The van der Waals surface area contributed by atoms with Crippen molar-refractivity contribution in [3.05, 3.63) is 12.2 Å². The molecule has 0 saturated carbocycles. The molecule has 1 atom stereocenters. The van der Waals surface area contributed by atoms with Gasteiger partial charge in [-0.15, -0.1) is 0 Å². The molecule has 0 radical (unpaired) electrons. The zero-order valence-electron chi connectivity index (χ0n) is 38.4. The van der Waals surface area contributed by atoms with Crippen molar-refractivity contribution < 1.29 is 28.6 Å². The van der Waals surface area contributed by atoms with Crippen molar-refractivity contribution in [2.24, 2.45) is 0 Å². The molecule has 0 heterocycles. The van der Waals surface area contributed by atoms with Crippen molar-refractivity contribution in [1.82, 2.24) is 0 Å². The number of rotatable bonds is 46. The third-order valence-corrected chi connectivity index (χ3v) is 11.3. The van der Waals surface area contributed by atoms with Crippen molar-refractivity contribution in [1.29, 1.82) is 0 Å². The normalized spacial score (nSPS) is 12.0. The van der Waals surface area contributed by atoms with Crippen LogP contribution in [0, 0.1) is 0 Å². The van der Waals surface area contributed by atoms with Crippen LogP contribution < -0.4 is 0 Å². The van der Waals surface area contributed by atoms with E-state index in [0.717, 1.165) is 57.8 Å². The number of hydrogen-bond donors (Lipinski definition) is 0. The fourth-order valence-electron chi connectivity index (χ4n) is 7.44. The predicted molar refractivity (Wildman–Crippen MR) is 243 cm³/mol. The summed E-state index contributed by atoms with van der Waals surface area (Å²) < 4.78 is 16.7. The van der Waals surface area contributed by atoms with E-state index in [1.807, 2.05) is 0 Å². The van der Waals surface area contributed by atoms with E-state index in [0.29, 0.717) is 19.3 Å². The maximum absolute atomic E-state index is 12.6. The molecule has 0 rings (SSSR count). The van der Waals surface area contributed by atoms with Crippen molar-refractivity contribution in [3.8, 4) is 0 Å². The minimum Gasteiger partial charge on any atom is -0.462 e. The van der Waals surface area contributed by atoms with E-state index in [1.165, 1.54) is 180 Å². The molecule has 0 spiro atoms. The summed E-state index contributed by atoms with van der Waals surface area (Å²) in [4.78, 5) is 37.6. The molecule has 1 unspecified atom stereocenters. The van der Waals surface area contributed by atoms with Gasteiger partial charge in [0.1, 0.15) is 13.2 Å². The Morgan fingerprint density at radius 3 is 0.877 bits per heavy atom. The Morgan fingerprint density at radius 2 is 0.579 bits per heavy atom. The highest BCUT2D eigenvalue weighted by molar-refractivity contribution is 5.71. The molecule has 0 saturated heterocycles. The summed E-state index contributed by atoms with van der Waals surface area (Å²) in [6.45, 7) is 6.60. The highest BCUT2D eigenvalue weighted by Gasteiger charge is 2.19. The number of esters is 3. The zero-order chi connectivity index (χ0) is 41.5. The smallest absolute Gasteiger partial charge is 0.306 e. The lowest BCUT2D eigenvalue weighted by Gasteiger charge is -2.18. The van der Waals surface area contributed by atoms with Crippen LogP contribution in [-0.4, -0.2) is 37.2 Å². The maximum Gasteiger partial charge on any atom is 0.306 e. The summed E-state index contributed by atoms with van der Waals surface area (Å²) in [6.07, 6.45) is 50.8. The molecule has 0 aliphatic rings. The van der Waals surface area contributed by atoms with E-state index in [9.17, 15) is 14.4 Å². The largest absolute Gasteiger partial charge is 0.462 e. The number of carbonyl (C=O) groups excluding carboxylic acids is 3. The van der Waals surface area contributed by atoms with Gasteiger partial charge in [0.05, 0.1) is 0 Å². The molecule has 0 aromatic carbocycles. The third-order valence-electron chi connectivity index (χ3n) is 11.3. The van der Waals surface area contributed by atoms with Gasteiger partial charge in [-0.25, -0.2) is 0 Å². The van der Waals surface area contributed by atoms with Crippen LogP contribution in [0.1, 0.15) is 278 Å². The second-order valence-electron chi connectivity index (χ2n) is 17.1. The Morgan fingerprint density at radius 1 is 0.333 bits per heavy atom. The molecule has 336 valence electrons. The summed E-state index contributed by atoms with van der Waals surface area (Å²) in [7, 11) is 0. The van der Waals surface area contributed by atoms with Crippen LogP contribution in [0.15, 0.2) is 12.2 Å². The van der Waals surface area contributed by atoms with Gasteiger partial charge in [0, 0.05) is 19.3 Å². The van der Waals surface area contributed by atoms with Crippen LogP contribution >= 0.6 is 0 Å². The minimum atomic E-state index is -0.760. The van der Waals surface area contributed by atoms with Gasteiger partial charge in [0.2, 0.25) is 0 Å².